The zero-order chi connectivity index (χ0) is 18.2. The van der Waals surface area contributed by atoms with Gasteiger partial charge in [0.25, 0.3) is 5.92 Å². The number of aryl methyl sites for hydroxylation is 1. The van der Waals surface area contributed by atoms with E-state index in [-0.39, 0.29) is 5.56 Å². The predicted molar refractivity (Wildman–Crippen MR) is 91.5 cm³/mol. The first kappa shape index (κ1) is 17.2. The van der Waals surface area contributed by atoms with Crippen LogP contribution in [0.25, 0.3) is 22.3 Å². The topological polar surface area (TPSA) is 0 Å². The van der Waals surface area contributed by atoms with Crippen molar-refractivity contribution in [2.75, 3.05) is 0 Å². The van der Waals surface area contributed by atoms with Crippen LogP contribution in [0.5, 0.6) is 0 Å². The maximum atomic E-state index is 14.2. The van der Waals surface area contributed by atoms with Crippen molar-refractivity contribution in [2.24, 2.45) is 0 Å². The number of halogens is 4. The molecule has 0 saturated carbocycles. The van der Waals surface area contributed by atoms with Crippen molar-refractivity contribution in [1.82, 2.24) is 0 Å². The van der Waals surface area contributed by atoms with E-state index in [2.05, 4.69) is 0 Å². The standard InChI is InChI=1S/C21H16F4/c1-13-3-5-14(6-4-13)15-7-9-16(10-8-15)17-11-12-18(21(2,24)25)20(23)19(17)22/h3-12H,1-2H3. The van der Waals surface area contributed by atoms with Gasteiger partial charge in [0, 0.05) is 12.5 Å². The summed E-state index contributed by atoms with van der Waals surface area (Å²) in [6.07, 6.45) is 0. The van der Waals surface area contributed by atoms with Crippen molar-refractivity contribution in [3.05, 3.63) is 83.4 Å². The molecule has 0 unspecified atom stereocenters. The third kappa shape index (κ3) is 3.43. The summed E-state index contributed by atoms with van der Waals surface area (Å²) < 4.78 is 54.8. The molecule has 0 aromatic heterocycles. The van der Waals surface area contributed by atoms with Crippen LogP contribution in [0.1, 0.15) is 18.1 Å². The Morgan fingerprint density at radius 2 is 1.12 bits per heavy atom. The van der Waals surface area contributed by atoms with Crippen molar-refractivity contribution >= 4 is 0 Å². The highest BCUT2D eigenvalue weighted by atomic mass is 19.3. The molecule has 0 radical (unpaired) electrons. The van der Waals surface area contributed by atoms with Crippen molar-refractivity contribution in [2.45, 2.75) is 19.8 Å². The highest BCUT2D eigenvalue weighted by molar-refractivity contribution is 5.71. The highest BCUT2D eigenvalue weighted by Gasteiger charge is 2.30. The average molecular weight is 344 g/mol. The Labute approximate surface area is 143 Å². The molecular formula is C21H16F4. The van der Waals surface area contributed by atoms with Gasteiger partial charge in [0.05, 0.1) is 5.56 Å². The largest absolute Gasteiger partial charge is 0.273 e. The van der Waals surface area contributed by atoms with Crippen LogP contribution in [-0.2, 0) is 5.92 Å². The Balaban J connectivity index is 1.98. The summed E-state index contributed by atoms with van der Waals surface area (Å²) in [5.74, 6) is -6.20. The number of alkyl halides is 2. The van der Waals surface area contributed by atoms with Gasteiger partial charge in [-0.05, 0) is 29.7 Å². The summed E-state index contributed by atoms with van der Waals surface area (Å²) in [7, 11) is 0. The van der Waals surface area contributed by atoms with Gasteiger partial charge in [0.1, 0.15) is 0 Å². The Morgan fingerprint density at radius 1 is 0.640 bits per heavy atom. The maximum Gasteiger partial charge on any atom is 0.273 e. The van der Waals surface area contributed by atoms with Gasteiger partial charge < -0.3 is 0 Å². The zero-order valence-electron chi connectivity index (χ0n) is 13.8. The van der Waals surface area contributed by atoms with Crippen molar-refractivity contribution in [3.8, 4) is 22.3 Å². The fourth-order valence-electron chi connectivity index (χ4n) is 2.70. The molecule has 0 aliphatic carbocycles. The first-order valence-corrected chi connectivity index (χ1v) is 7.81. The van der Waals surface area contributed by atoms with Crippen LogP contribution in [0.15, 0.2) is 60.7 Å². The van der Waals surface area contributed by atoms with Gasteiger partial charge >= 0.3 is 0 Å². The SMILES string of the molecule is Cc1ccc(-c2ccc(-c3ccc(C(C)(F)F)c(F)c3F)cc2)cc1. The molecule has 25 heavy (non-hydrogen) atoms. The lowest BCUT2D eigenvalue weighted by atomic mass is 9.97. The van der Waals surface area contributed by atoms with Gasteiger partial charge in [-0.2, -0.15) is 0 Å². The molecule has 0 atom stereocenters. The van der Waals surface area contributed by atoms with Crippen LogP contribution >= 0.6 is 0 Å². The van der Waals surface area contributed by atoms with E-state index in [0.717, 1.165) is 22.8 Å². The number of hydrogen-bond donors (Lipinski definition) is 0. The van der Waals surface area contributed by atoms with E-state index in [0.29, 0.717) is 12.5 Å². The summed E-state index contributed by atoms with van der Waals surface area (Å²) in [5, 5.41) is 0. The predicted octanol–water partition coefficient (Wildman–Crippen LogP) is 6.72. The van der Waals surface area contributed by atoms with E-state index in [9.17, 15) is 17.6 Å². The van der Waals surface area contributed by atoms with Crippen LogP contribution in [-0.4, -0.2) is 0 Å². The second kappa shape index (κ2) is 6.36. The fraction of sp³-hybridized carbons (Fsp3) is 0.143. The van der Waals surface area contributed by atoms with Gasteiger partial charge in [-0.1, -0.05) is 60.2 Å². The quantitative estimate of drug-likeness (QED) is 0.463. The smallest absolute Gasteiger partial charge is 0.203 e. The summed E-state index contributed by atoms with van der Waals surface area (Å²) in [5.41, 5.74) is 2.53. The van der Waals surface area contributed by atoms with E-state index in [1.54, 1.807) is 24.3 Å². The van der Waals surface area contributed by atoms with Crippen LogP contribution in [0.4, 0.5) is 17.6 Å². The second-order valence-corrected chi connectivity index (χ2v) is 6.12. The summed E-state index contributed by atoms with van der Waals surface area (Å²) in [6, 6.07) is 16.9. The molecule has 0 aliphatic rings. The lowest BCUT2D eigenvalue weighted by Crippen LogP contribution is -2.11. The number of benzene rings is 3. The molecule has 0 heterocycles. The van der Waals surface area contributed by atoms with E-state index in [1.165, 1.54) is 6.07 Å². The molecule has 3 aromatic rings. The van der Waals surface area contributed by atoms with E-state index < -0.39 is 23.1 Å². The Morgan fingerprint density at radius 3 is 1.64 bits per heavy atom. The number of rotatable bonds is 3. The van der Waals surface area contributed by atoms with Gasteiger partial charge in [0.2, 0.25) is 0 Å². The molecule has 3 rings (SSSR count). The first-order chi connectivity index (χ1) is 11.8. The molecule has 0 bridgehead atoms. The van der Waals surface area contributed by atoms with Gasteiger partial charge in [-0.3, -0.25) is 0 Å². The Kier molecular flexibility index (Phi) is 4.38. The van der Waals surface area contributed by atoms with Gasteiger partial charge in [0.15, 0.2) is 11.6 Å². The summed E-state index contributed by atoms with van der Waals surface area (Å²) >= 11 is 0. The van der Waals surface area contributed by atoms with Crippen molar-refractivity contribution < 1.29 is 17.6 Å². The molecule has 0 nitrogen and oxygen atoms in total. The molecule has 128 valence electrons. The Hall–Kier alpha value is -2.62. The fourth-order valence-corrected chi connectivity index (χ4v) is 2.70. The van der Waals surface area contributed by atoms with E-state index in [4.69, 9.17) is 0 Å². The lowest BCUT2D eigenvalue weighted by Gasteiger charge is -2.14. The third-order valence-electron chi connectivity index (χ3n) is 4.14. The molecule has 0 fully saturated rings. The molecule has 4 heteroatoms. The molecule has 3 aromatic carbocycles. The average Bonchev–Trinajstić information content (AvgIpc) is 2.57. The van der Waals surface area contributed by atoms with Crippen LogP contribution in [0.2, 0.25) is 0 Å². The molecule has 0 spiro atoms. The van der Waals surface area contributed by atoms with Gasteiger partial charge in [-0.25, -0.2) is 17.6 Å². The highest BCUT2D eigenvalue weighted by Crippen LogP contribution is 2.34. The molecule has 0 aliphatic heterocycles. The minimum atomic E-state index is -3.43. The first-order valence-electron chi connectivity index (χ1n) is 7.81. The number of hydrogen-bond acceptors (Lipinski definition) is 0. The molecule has 0 saturated heterocycles. The molecular weight excluding hydrogens is 328 g/mol. The normalized spacial score (nSPS) is 11.6. The molecule has 0 N–H and O–H groups in total. The lowest BCUT2D eigenvalue weighted by molar-refractivity contribution is 0.0131. The van der Waals surface area contributed by atoms with Crippen LogP contribution < -0.4 is 0 Å². The molecule has 0 amide bonds. The zero-order valence-corrected chi connectivity index (χ0v) is 13.8. The summed E-state index contributed by atoms with van der Waals surface area (Å²) in [6.45, 7) is 2.54. The minimum Gasteiger partial charge on any atom is -0.203 e. The maximum absolute atomic E-state index is 14.2. The third-order valence-corrected chi connectivity index (χ3v) is 4.14. The monoisotopic (exact) mass is 344 g/mol. The minimum absolute atomic E-state index is 0.0408. The van der Waals surface area contributed by atoms with Gasteiger partial charge in [-0.15, -0.1) is 0 Å². The second-order valence-electron chi connectivity index (χ2n) is 6.12. The van der Waals surface area contributed by atoms with Crippen molar-refractivity contribution in [1.29, 1.82) is 0 Å². The summed E-state index contributed by atoms with van der Waals surface area (Å²) in [4.78, 5) is 0. The van der Waals surface area contributed by atoms with Crippen LogP contribution in [0, 0.1) is 18.6 Å². The Bertz CT molecular complexity index is 889. The van der Waals surface area contributed by atoms with Crippen LogP contribution in [0.3, 0.4) is 0 Å². The van der Waals surface area contributed by atoms with Crippen molar-refractivity contribution in [3.63, 3.8) is 0 Å². The van der Waals surface area contributed by atoms with E-state index >= 15 is 0 Å². The van der Waals surface area contributed by atoms with E-state index in [1.807, 2.05) is 31.2 Å².